The van der Waals surface area contributed by atoms with Crippen LogP contribution in [0.1, 0.15) is 39.0 Å². The van der Waals surface area contributed by atoms with Crippen molar-refractivity contribution in [3.63, 3.8) is 0 Å². The van der Waals surface area contributed by atoms with Crippen molar-refractivity contribution in [3.05, 3.63) is 69.2 Å². The molecule has 0 bridgehead atoms. The molecule has 1 aliphatic rings. The summed E-state index contributed by atoms with van der Waals surface area (Å²) in [7, 11) is 0. The Morgan fingerprint density at radius 1 is 1.22 bits per heavy atom. The van der Waals surface area contributed by atoms with Gasteiger partial charge in [0.05, 0.1) is 11.3 Å². The van der Waals surface area contributed by atoms with Gasteiger partial charge in [0.1, 0.15) is 0 Å². The average molecular weight is 398 g/mol. The Morgan fingerprint density at radius 3 is 2.48 bits per heavy atom. The number of rotatable bonds is 3. The number of hydrogen-bond donors (Lipinski definition) is 1. The maximum atomic E-state index is 14.0. The number of carboxylic acids is 1. The number of carboxylic acid groups (broad SMARTS) is 1. The van der Waals surface area contributed by atoms with Gasteiger partial charge in [-0.15, -0.1) is 0 Å². The first-order valence-corrected chi connectivity index (χ1v) is 8.35. The van der Waals surface area contributed by atoms with Crippen LogP contribution in [0.3, 0.4) is 0 Å². The molecular formula is C19H15ClF3NO3. The highest BCUT2D eigenvalue weighted by molar-refractivity contribution is 6.30. The minimum Gasteiger partial charge on any atom is -0.478 e. The van der Waals surface area contributed by atoms with Crippen LogP contribution in [0.5, 0.6) is 0 Å². The van der Waals surface area contributed by atoms with Crippen molar-refractivity contribution < 1.29 is 27.9 Å². The van der Waals surface area contributed by atoms with Gasteiger partial charge in [-0.25, -0.2) is 4.79 Å². The van der Waals surface area contributed by atoms with Crippen molar-refractivity contribution >= 4 is 23.3 Å². The summed E-state index contributed by atoms with van der Waals surface area (Å²) in [5, 5.41) is 13.0. The molecule has 1 heterocycles. The molecule has 1 N–H and O–H groups in total. The largest absolute Gasteiger partial charge is 0.478 e. The fourth-order valence-corrected chi connectivity index (χ4v) is 3.40. The van der Waals surface area contributed by atoms with Crippen LogP contribution in [0.25, 0.3) is 0 Å². The van der Waals surface area contributed by atoms with Crippen LogP contribution in [-0.4, -0.2) is 23.0 Å². The molecular weight excluding hydrogens is 383 g/mol. The third-order valence-electron chi connectivity index (χ3n) is 4.48. The molecule has 0 aliphatic carbocycles. The van der Waals surface area contributed by atoms with Gasteiger partial charge < -0.3 is 9.94 Å². The maximum absolute atomic E-state index is 14.0. The molecule has 0 aromatic heterocycles. The first-order chi connectivity index (χ1) is 12.5. The first-order valence-electron chi connectivity index (χ1n) is 7.97. The number of aryl methyl sites for hydroxylation is 2. The third-order valence-corrected chi connectivity index (χ3v) is 4.70. The lowest BCUT2D eigenvalue weighted by Gasteiger charge is -2.29. The van der Waals surface area contributed by atoms with E-state index < -0.39 is 24.2 Å². The van der Waals surface area contributed by atoms with Crippen molar-refractivity contribution in [2.24, 2.45) is 5.16 Å². The van der Waals surface area contributed by atoms with Crippen LogP contribution in [0.2, 0.25) is 5.02 Å². The van der Waals surface area contributed by atoms with E-state index in [-0.39, 0.29) is 21.9 Å². The molecule has 0 fully saturated rings. The molecule has 1 aliphatic heterocycles. The molecule has 0 saturated heterocycles. The number of oxime groups is 1. The monoisotopic (exact) mass is 397 g/mol. The van der Waals surface area contributed by atoms with Crippen LogP contribution < -0.4 is 0 Å². The first kappa shape index (κ1) is 19.2. The Balaban J connectivity index is 2.02. The van der Waals surface area contributed by atoms with Gasteiger partial charge in [0, 0.05) is 17.0 Å². The molecule has 0 spiro atoms. The Kier molecular flexibility index (Phi) is 4.67. The van der Waals surface area contributed by atoms with Gasteiger partial charge in [0.15, 0.2) is 0 Å². The Labute approximate surface area is 158 Å². The van der Waals surface area contributed by atoms with E-state index in [9.17, 15) is 18.0 Å². The van der Waals surface area contributed by atoms with Gasteiger partial charge in [-0.05, 0) is 54.8 Å². The zero-order chi connectivity index (χ0) is 20.0. The summed E-state index contributed by atoms with van der Waals surface area (Å²) < 4.78 is 42.0. The normalized spacial score (nSPS) is 19.6. The highest BCUT2D eigenvalue weighted by Crippen LogP contribution is 2.49. The number of halogens is 4. The smallest absolute Gasteiger partial charge is 0.435 e. The van der Waals surface area contributed by atoms with E-state index in [0.29, 0.717) is 16.7 Å². The second kappa shape index (κ2) is 6.56. The molecule has 2 aromatic carbocycles. The maximum Gasteiger partial charge on any atom is 0.435 e. The lowest BCUT2D eigenvalue weighted by atomic mass is 9.85. The molecule has 0 amide bonds. The number of alkyl halides is 3. The molecule has 1 atom stereocenters. The molecule has 27 heavy (non-hydrogen) atoms. The molecule has 2 aromatic rings. The topological polar surface area (TPSA) is 58.9 Å². The van der Waals surface area contributed by atoms with Crippen LogP contribution in [-0.2, 0) is 10.4 Å². The van der Waals surface area contributed by atoms with Gasteiger partial charge in [-0.1, -0.05) is 28.9 Å². The van der Waals surface area contributed by atoms with E-state index in [4.69, 9.17) is 21.5 Å². The molecule has 4 nitrogen and oxygen atoms in total. The number of nitrogens with zero attached hydrogens (tertiary/aromatic N) is 1. The van der Waals surface area contributed by atoms with Gasteiger partial charge in [-0.3, -0.25) is 0 Å². The van der Waals surface area contributed by atoms with E-state index in [1.807, 2.05) is 0 Å². The Morgan fingerprint density at radius 2 is 1.93 bits per heavy atom. The molecule has 142 valence electrons. The number of carbonyl (C=O) groups is 1. The predicted molar refractivity (Wildman–Crippen MR) is 94.3 cm³/mol. The molecule has 0 radical (unpaired) electrons. The van der Waals surface area contributed by atoms with Crippen molar-refractivity contribution in [3.8, 4) is 0 Å². The fraction of sp³-hybridized carbons (Fsp3) is 0.263. The predicted octanol–water partition coefficient (Wildman–Crippen LogP) is 5.24. The summed E-state index contributed by atoms with van der Waals surface area (Å²) in [6.07, 6.45) is -5.27. The lowest BCUT2D eigenvalue weighted by molar-refractivity contribution is -0.275. The molecule has 1 unspecified atom stereocenters. The fourth-order valence-electron chi connectivity index (χ4n) is 3.11. The second-order valence-corrected chi connectivity index (χ2v) is 6.92. The van der Waals surface area contributed by atoms with E-state index in [0.717, 1.165) is 0 Å². The van der Waals surface area contributed by atoms with Crippen LogP contribution in [0.15, 0.2) is 41.6 Å². The summed E-state index contributed by atoms with van der Waals surface area (Å²) in [4.78, 5) is 16.1. The average Bonchev–Trinajstić information content (AvgIpc) is 3.00. The Hall–Kier alpha value is -2.54. The van der Waals surface area contributed by atoms with Gasteiger partial charge in [0.2, 0.25) is 0 Å². The van der Waals surface area contributed by atoms with Crippen LogP contribution >= 0.6 is 11.6 Å². The zero-order valence-electron chi connectivity index (χ0n) is 14.4. The van der Waals surface area contributed by atoms with Crippen LogP contribution in [0.4, 0.5) is 13.2 Å². The Bertz CT molecular complexity index is 935. The zero-order valence-corrected chi connectivity index (χ0v) is 15.1. The molecule has 8 heteroatoms. The molecule has 3 rings (SSSR count). The third kappa shape index (κ3) is 3.39. The minimum atomic E-state index is -4.73. The van der Waals surface area contributed by atoms with Crippen molar-refractivity contribution in [2.75, 3.05) is 0 Å². The second-order valence-electron chi connectivity index (χ2n) is 6.48. The van der Waals surface area contributed by atoms with Crippen molar-refractivity contribution in [2.45, 2.75) is 32.0 Å². The summed E-state index contributed by atoms with van der Waals surface area (Å²) in [5.74, 6) is -1.11. The lowest BCUT2D eigenvalue weighted by Crippen LogP contribution is -2.42. The van der Waals surface area contributed by atoms with E-state index in [1.54, 1.807) is 19.9 Å². The van der Waals surface area contributed by atoms with Crippen LogP contribution in [0, 0.1) is 13.8 Å². The van der Waals surface area contributed by atoms with Gasteiger partial charge in [-0.2, -0.15) is 13.2 Å². The summed E-state index contributed by atoms with van der Waals surface area (Å²) in [5.41, 5.74) is -1.24. The molecule has 0 saturated carbocycles. The van der Waals surface area contributed by atoms with Crippen molar-refractivity contribution in [1.82, 2.24) is 0 Å². The van der Waals surface area contributed by atoms with E-state index >= 15 is 0 Å². The highest BCUT2D eigenvalue weighted by Gasteiger charge is 2.62. The summed E-state index contributed by atoms with van der Waals surface area (Å²) >= 11 is 5.95. The number of benzene rings is 2. The van der Waals surface area contributed by atoms with E-state index in [2.05, 4.69) is 5.16 Å². The number of aromatic carboxylic acids is 1. The minimum absolute atomic E-state index is 0.0748. The van der Waals surface area contributed by atoms with Gasteiger partial charge in [0.25, 0.3) is 5.60 Å². The quantitative estimate of drug-likeness (QED) is 0.770. The highest BCUT2D eigenvalue weighted by atomic mass is 35.5. The summed E-state index contributed by atoms with van der Waals surface area (Å²) in [6.45, 7) is 3.21. The van der Waals surface area contributed by atoms with E-state index in [1.165, 1.54) is 30.3 Å². The summed E-state index contributed by atoms with van der Waals surface area (Å²) in [6, 6.07) is 8.40. The SMILES string of the molecule is Cc1cc(Cl)cc(C2(C(F)(F)F)CC(c3ccc(C(=O)O)c(C)c3)=NO2)c1. The van der Waals surface area contributed by atoms with Crippen molar-refractivity contribution in [1.29, 1.82) is 0 Å². The standard InChI is InChI=1S/C19H15ClF3NO3/c1-10-5-13(8-14(20)6-10)18(19(21,22)23)9-16(24-27-18)12-3-4-15(17(25)26)11(2)7-12/h3-8H,9H2,1-2H3,(H,25,26). The van der Waals surface area contributed by atoms with Gasteiger partial charge >= 0.3 is 12.1 Å². The number of hydrogen-bond acceptors (Lipinski definition) is 3.